The van der Waals surface area contributed by atoms with Gasteiger partial charge in [-0.15, -0.1) is 0 Å². The Morgan fingerprint density at radius 2 is 1.68 bits per heavy atom. The lowest BCUT2D eigenvalue weighted by atomic mass is 9.95. The number of ether oxygens (including phenoxy) is 1. The van der Waals surface area contributed by atoms with Crippen molar-refractivity contribution in [3.05, 3.63) is 71.3 Å². The first-order valence-electron chi connectivity index (χ1n) is 10.3. The Hall–Kier alpha value is -2.17. The predicted octanol–water partition coefficient (Wildman–Crippen LogP) is 3.91. The summed E-state index contributed by atoms with van der Waals surface area (Å²) >= 11 is 0. The van der Waals surface area contributed by atoms with Crippen molar-refractivity contribution in [2.24, 2.45) is 0 Å². The molecule has 2 bridgehead atoms. The molecule has 0 amide bonds. The second-order valence-electron chi connectivity index (χ2n) is 8.72. The highest BCUT2D eigenvalue weighted by atomic mass is 16.6. The van der Waals surface area contributed by atoms with Gasteiger partial charge in [0.05, 0.1) is 19.1 Å². The summed E-state index contributed by atoms with van der Waals surface area (Å²) in [5.74, 6) is -0.523. The molecule has 3 unspecified atom stereocenters. The molecular formula is C24H30NO3+. The highest BCUT2D eigenvalue weighted by Crippen LogP contribution is 2.43. The zero-order chi connectivity index (χ0) is 19.7. The van der Waals surface area contributed by atoms with Crippen LogP contribution in [0.2, 0.25) is 0 Å². The number of piperidine rings is 1. The van der Waals surface area contributed by atoms with Gasteiger partial charge in [-0.2, -0.15) is 0 Å². The number of rotatable bonds is 5. The molecule has 0 saturated carbocycles. The highest BCUT2D eigenvalue weighted by Gasteiger charge is 2.52. The molecule has 2 aromatic carbocycles. The number of fused-ring (bicyclic) bond motifs is 2. The quantitative estimate of drug-likeness (QED) is 0.632. The third-order valence-electron chi connectivity index (χ3n) is 6.84. The van der Waals surface area contributed by atoms with E-state index in [1.807, 2.05) is 18.2 Å². The summed E-state index contributed by atoms with van der Waals surface area (Å²) in [4.78, 5) is 12.5. The molecule has 2 aliphatic heterocycles. The second-order valence-corrected chi connectivity index (χ2v) is 8.72. The number of esters is 1. The molecule has 2 aliphatic rings. The number of benzene rings is 2. The van der Waals surface area contributed by atoms with Crippen LogP contribution in [0.5, 0.6) is 0 Å². The van der Waals surface area contributed by atoms with Crippen LogP contribution in [0.3, 0.4) is 0 Å². The van der Waals surface area contributed by atoms with Crippen LogP contribution < -0.4 is 0 Å². The number of carbonyl (C=O) groups excluding carboxylic acids is 1. The highest BCUT2D eigenvalue weighted by molar-refractivity contribution is 5.76. The smallest absolute Gasteiger partial charge is 0.339 e. The average Bonchev–Trinajstić information content (AvgIpc) is 2.86. The van der Waals surface area contributed by atoms with Gasteiger partial charge < -0.3 is 14.3 Å². The monoisotopic (exact) mass is 380 g/mol. The van der Waals surface area contributed by atoms with Gasteiger partial charge in [0.2, 0.25) is 0 Å². The summed E-state index contributed by atoms with van der Waals surface area (Å²) in [6.45, 7) is 3.15. The van der Waals surface area contributed by atoms with E-state index < -0.39 is 12.1 Å². The standard InChI is InChI=1S/C24H30NO3/c1-17-8-10-18(11-9-17)16-25(2)20-12-13-21(25)15-22(14-20)28-24(27)23(26)19-6-4-3-5-7-19/h3-11,20-23,26H,12-16H2,1-2H3/q+1. The molecule has 0 aliphatic carbocycles. The maximum absolute atomic E-state index is 12.5. The molecule has 4 heteroatoms. The van der Waals surface area contributed by atoms with Gasteiger partial charge in [-0.1, -0.05) is 60.2 Å². The molecule has 28 heavy (non-hydrogen) atoms. The van der Waals surface area contributed by atoms with E-state index in [1.54, 1.807) is 12.1 Å². The molecule has 0 aromatic heterocycles. The first kappa shape index (κ1) is 19.2. The van der Waals surface area contributed by atoms with Gasteiger partial charge in [-0.3, -0.25) is 0 Å². The van der Waals surface area contributed by atoms with Crippen LogP contribution in [-0.2, 0) is 16.1 Å². The van der Waals surface area contributed by atoms with Crippen molar-refractivity contribution in [2.75, 3.05) is 7.05 Å². The molecule has 1 N–H and O–H groups in total. The maximum Gasteiger partial charge on any atom is 0.339 e. The number of quaternary nitrogens is 1. The van der Waals surface area contributed by atoms with Crippen molar-refractivity contribution < 1.29 is 19.1 Å². The Bertz CT molecular complexity index is 804. The van der Waals surface area contributed by atoms with Gasteiger partial charge in [-0.05, 0) is 12.5 Å². The van der Waals surface area contributed by atoms with E-state index >= 15 is 0 Å². The zero-order valence-electron chi connectivity index (χ0n) is 16.8. The Labute approximate surface area is 167 Å². The summed E-state index contributed by atoms with van der Waals surface area (Å²) in [6.07, 6.45) is 2.84. The van der Waals surface area contributed by atoms with Gasteiger partial charge in [0.15, 0.2) is 6.10 Å². The van der Waals surface area contributed by atoms with Crippen LogP contribution in [0.25, 0.3) is 0 Å². The predicted molar refractivity (Wildman–Crippen MR) is 108 cm³/mol. The molecule has 2 aromatic rings. The molecule has 4 nitrogen and oxygen atoms in total. The lowest BCUT2D eigenvalue weighted by Crippen LogP contribution is -2.58. The fourth-order valence-corrected chi connectivity index (χ4v) is 5.13. The number of nitrogens with zero attached hydrogens (tertiary/aromatic N) is 1. The molecule has 2 heterocycles. The number of hydrogen-bond acceptors (Lipinski definition) is 3. The van der Waals surface area contributed by atoms with Crippen LogP contribution in [0.15, 0.2) is 54.6 Å². The van der Waals surface area contributed by atoms with Crippen molar-refractivity contribution in [1.29, 1.82) is 0 Å². The van der Waals surface area contributed by atoms with Crippen LogP contribution in [-0.4, -0.2) is 40.8 Å². The van der Waals surface area contributed by atoms with Gasteiger partial charge in [0.1, 0.15) is 12.6 Å². The summed E-state index contributed by atoms with van der Waals surface area (Å²) in [7, 11) is 2.36. The average molecular weight is 381 g/mol. The normalized spacial score (nSPS) is 30.0. The van der Waals surface area contributed by atoms with Crippen LogP contribution in [0.1, 0.15) is 48.5 Å². The topological polar surface area (TPSA) is 46.5 Å². The number of carbonyl (C=O) groups is 1. The van der Waals surface area contributed by atoms with E-state index in [1.165, 1.54) is 24.0 Å². The van der Waals surface area contributed by atoms with Crippen molar-refractivity contribution in [3.63, 3.8) is 0 Å². The van der Waals surface area contributed by atoms with Gasteiger partial charge in [-0.25, -0.2) is 4.79 Å². The number of hydrogen-bond donors (Lipinski definition) is 1. The summed E-state index contributed by atoms with van der Waals surface area (Å²) in [5, 5.41) is 10.3. The van der Waals surface area contributed by atoms with E-state index in [9.17, 15) is 9.90 Å². The lowest BCUT2D eigenvalue weighted by Gasteiger charge is -2.47. The minimum atomic E-state index is -1.20. The zero-order valence-corrected chi connectivity index (χ0v) is 16.8. The Morgan fingerprint density at radius 1 is 1.07 bits per heavy atom. The molecule has 3 atom stereocenters. The Morgan fingerprint density at radius 3 is 2.29 bits per heavy atom. The van der Waals surface area contributed by atoms with Gasteiger partial charge in [0, 0.05) is 31.2 Å². The largest absolute Gasteiger partial charge is 0.460 e. The number of aliphatic hydroxyl groups excluding tert-OH is 1. The molecule has 2 saturated heterocycles. The van der Waals surface area contributed by atoms with Crippen molar-refractivity contribution in [2.45, 2.75) is 63.4 Å². The third-order valence-corrected chi connectivity index (χ3v) is 6.84. The van der Waals surface area contributed by atoms with E-state index in [4.69, 9.17) is 4.74 Å². The van der Waals surface area contributed by atoms with E-state index in [0.717, 1.165) is 23.9 Å². The lowest BCUT2D eigenvalue weighted by molar-refractivity contribution is -0.961. The second kappa shape index (κ2) is 7.69. The van der Waals surface area contributed by atoms with Crippen molar-refractivity contribution >= 4 is 5.97 Å². The minimum Gasteiger partial charge on any atom is -0.460 e. The van der Waals surface area contributed by atoms with E-state index in [2.05, 4.69) is 38.2 Å². The SMILES string of the molecule is Cc1ccc(C[N+]2(C)C3CCC2CC(OC(=O)C(O)c2ccccc2)C3)cc1. The molecule has 0 spiro atoms. The maximum atomic E-state index is 12.5. The fraction of sp³-hybridized carbons (Fsp3) is 0.458. The number of aliphatic hydroxyl groups is 1. The van der Waals surface area contributed by atoms with Crippen LogP contribution in [0.4, 0.5) is 0 Å². The summed E-state index contributed by atoms with van der Waals surface area (Å²) in [5.41, 5.74) is 3.25. The van der Waals surface area contributed by atoms with Crippen molar-refractivity contribution in [3.8, 4) is 0 Å². The Balaban J connectivity index is 1.40. The first-order chi connectivity index (χ1) is 13.5. The first-order valence-corrected chi connectivity index (χ1v) is 10.3. The number of aryl methyl sites for hydroxylation is 1. The van der Waals surface area contributed by atoms with Crippen LogP contribution >= 0.6 is 0 Å². The minimum absolute atomic E-state index is 0.0902. The summed E-state index contributed by atoms with van der Waals surface area (Å²) in [6, 6.07) is 18.9. The van der Waals surface area contributed by atoms with Crippen LogP contribution in [0, 0.1) is 6.92 Å². The molecule has 0 radical (unpaired) electrons. The fourth-order valence-electron chi connectivity index (χ4n) is 5.13. The van der Waals surface area contributed by atoms with Crippen molar-refractivity contribution in [1.82, 2.24) is 0 Å². The Kier molecular flexibility index (Phi) is 5.26. The molecule has 4 rings (SSSR count). The van der Waals surface area contributed by atoms with Gasteiger partial charge in [0.25, 0.3) is 0 Å². The molecule has 148 valence electrons. The molecular weight excluding hydrogens is 350 g/mol. The third kappa shape index (κ3) is 3.71. The summed E-state index contributed by atoms with van der Waals surface area (Å²) < 4.78 is 6.79. The van der Waals surface area contributed by atoms with E-state index in [-0.39, 0.29) is 6.10 Å². The van der Waals surface area contributed by atoms with Gasteiger partial charge >= 0.3 is 5.97 Å². The molecule has 2 fully saturated rings. The van der Waals surface area contributed by atoms with E-state index in [0.29, 0.717) is 17.6 Å².